The van der Waals surface area contributed by atoms with Crippen molar-refractivity contribution in [2.24, 2.45) is 5.92 Å². The zero-order chi connectivity index (χ0) is 13.7. The second-order valence-corrected chi connectivity index (χ2v) is 4.75. The molecule has 1 aromatic rings. The van der Waals surface area contributed by atoms with E-state index >= 15 is 0 Å². The number of rotatable bonds is 3. The third-order valence-corrected chi connectivity index (χ3v) is 3.37. The van der Waals surface area contributed by atoms with Crippen LogP contribution in [0.3, 0.4) is 0 Å². The van der Waals surface area contributed by atoms with Gasteiger partial charge in [0.1, 0.15) is 5.82 Å². The fourth-order valence-corrected chi connectivity index (χ4v) is 2.29. The number of likely N-dealkylation sites (tertiary alicyclic amines) is 1. The summed E-state index contributed by atoms with van der Waals surface area (Å²) in [7, 11) is 0. The average Bonchev–Trinajstić information content (AvgIpc) is 2.40. The molecule has 0 atom stereocenters. The molecule has 1 aromatic carbocycles. The summed E-state index contributed by atoms with van der Waals surface area (Å²) in [4.78, 5) is 14.2. The van der Waals surface area contributed by atoms with Gasteiger partial charge in [-0.2, -0.15) is 0 Å². The van der Waals surface area contributed by atoms with Gasteiger partial charge in [-0.1, -0.05) is 12.0 Å². The van der Waals surface area contributed by atoms with Gasteiger partial charge in [0.25, 0.3) is 0 Å². The molecule has 1 N–H and O–H groups in total. The van der Waals surface area contributed by atoms with Gasteiger partial charge >= 0.3 is 0 Å². The molecule has 2 rings (SSSR count). The third-order valence-electron chi connectivity index (χ3n) is 3.37. The Hall–Kier alpha value is -1.86. The highest BCUT2D eigenvalue weighted by Crippen LogP contribution is 2.19. The highest BCUT2D eigenvalue weighted by molar-refractivity contribution is 5.92. The van der Waals surface area contributed by atoms with Crippen molar-refractivity contribution in [2.45, 2.75) is 12.8 Å². The molecule has 1 heterocycles. The number of terminal acetylenes is 1. The lowest BCUT2D eigenvalue weighted by Gasteiger charge is -2.29. The van der Waals surface area contributed by atoms with Gasteiger partial charge in [-0.25, -0.2) is 4.39 Å². The Balaban J connectivity index is 1.86. The SMILES string of the molecule is C#CCN1CCC(C(=O)Nc2cccc(F)c2)CC1. The van der Waals surface area contributed by atoms with E-state index in [0.717, 1.165) is 25.9 Å². The van der Waals surface area contributed by atoms with Crippen LogP contribution in [-0.4, -0.2) is 30.4 Å². The van der Waals surface area contributed by atoms with E-state index in [1.165, 1.54) is 12.1 Å². The van der Waals surface area contributed by atoms with Crippen LogP contribution in [0.25, 0.3) is 0 Å². The number of nitrogens with one attached hydrogen (secondary N) is 1. The average molecular weight is 260 g/mol. The minimum Gasteiger partial charge on any atom is -0.326 e. The van der Waals surface area contributed by atoms with Crippen molar-refractivity contribution < 1.29 is 9.18 Å². The topological polar surface area (TPSA) is 32.3 Å². The maximum Gasteiger partial charge on any atom is 0.227 e. The lowest BCUT2D eigenvalue weighted by Crippen LogP contribution is -2.38. The molecule has 0 aromatic heterocycles. The summed E-state index contributed by atoms with van der Waals surface area (Å²) in [5.41, 5.74) is 0.510. The Morgan fingerprint density at radius 1 is 1.47 bits per heavy atom. The normalized spacial score (nSPS) is 16.8. The summed E-state index contributed by atoms with van der Waals surface area (Å²) < 4.78 is 13.0. The number of carbonyl (C=O) groups is 1. The maximum atomic E-state index is 13.0. The molecule has 3 nitrogen and oxygen atoms in total. The molecule has 0 spiro atoms. The molecule has 0 unspecified atom stereocenters. The second kappa shape index (κ2) is 6.35. The lowest BCUT2D eigenvalue weighted by molar-refractivity contribution is -0.121. The van der Waals surface area contributed by atoms with Crippen LogP contribution in [0.4, 0.5) is 10.1 Å². The number of halogens is 1. The number of carbonyl (C=O) groups excluding carboxylic acids is 1. The van der Waals surface area contributed by atoms with Crippen LogP contribution in [0.1, 0.15) is 12.8 Å². The van der Waals surface area contributed by atoms with Crippen molar-refractivity contribution in [1.29, 1.82) is 0 Å². The van der Waals surface area contributed by atoms with Crippen LogP contribution >= 0.6 is 0 Å². The molecule has 4 heteroatoms. The van der Waals surface area contributed by atoms with E-state index in [1.54, 1.807) is 12.1 Å². The van der Waals surface area contributed by atoms with Gasteiger partial charge in [-0.05, 0) is 44.1 Å². The summed E-state index contributed by atoms with van der Waals surface area (Å²) in [5.74, 6) is 2.21. The van der Waals surface area contributed by atoms with Crippen LogP contribution in [0.5, 0.6) is 0 Å². The van der Waals surface area contributed by atoms with E-state index in [9.17, 15) is 9.18 Å². The Kier molecular flexibility index (Phi) is 4.53. The predicted octanol–water partition coefficient (Wildman–Crippen LogP) is 2.11. The summed E-state index contributed by atoms with van der Waals surface area (Å²) in [6, 6.07) is 5.95. The first-order valence-corrected chi connectivity index (χ1v) is 6.41. The molecule has 0 radical (unpaired) electrons. The van der Waals surface area contributed by atoms with Crippen LogP contribution < -0.4 is 5.32 Å². The van der Waals surface area contributed by atoms with Gasteiger partial charge < -0.3 is 5.32 Å². The predicted molar refractivity (Wildman–Crippen MR) is 73.0 cm³/mol. The Morgan fingerprint density at radius 2 is 2.21 bits per heavy atom. The van der Waals surface area contributed by atoms with Crippen molar-refractivity contribution >= 4 is 11.6 Å². The van der Waals surface area contributed by atoms with Crippen LogP contribution in [-0.2, 0) is 4.79 Å². The molecule has 1 aliphatic heterocycles. The molecular weight excluding hydrogens is 243 g/mol. The van der Waals surface area contributed by atoms with E-state index in [-0.39, 0.29) is 17.6 Å². The van der Waals surface area contributed by atoms with Crippen LogP contribution in [0.2, 0.25) is 0 Å². The zero-order valence-corrected chi connectivity index (χ0v) is 10.7. The molecule has 0 saturated carbocycles. The quantitative estimate of drug-likeness (QED) is 0.844. The van der Waals surface area contributed by atoms with E-state index in [4.69, 9.17) is 6.42 Å². The highest BCUT2D eigenvalue weighted by atomic mass is 19.1. The Labute approximate surface area is 112 Å². The number of amides is 1. The third kappa shape index (κ3) is 3.80. The van der Waals surface area contributed by atoms with Gasteiger partial charge in [-0.15, -0.1) is 6.42 Å². The van der Waals surface area contributed by atoms with Crippen molar-refractivity contribution in [3.8, 4) is 12.3 Å². The molecule has 100 valence electrons. The minimum atomic E-state index is -0.346. The zero-order valence-electron chi connectivity index (χ0n) is 10.7. The number of anilines is 1. The fourth-order valence-electron chi connectivity index (χ4n) is 2.29. The number of benzene rings is 1. The van der Waals surface area contributed by atoms with E-state index in [1.807, 2.05) is 0 Å². The highest BCUT2D eigenvalue weighted by Gasteiger charge is 2.24. The summed E-state index contributed by atoms with van der Waals surface area (Å²) in [5, 5.41) is 2.76. The number of hydrogen-bond acceptors (Lipinski definition) is 2. The smallest absolute Gasteiger partial charge is 0.227 e. The number of piperidine rings is 1. The van der Waals surface area contributed by atoms with Crippen molar-refractivity contribution in [3.63, 3.8) is 0 Å². The standard InChI is InChI=1S/C15H17FN2O/c1-2-8-18-9-6-12(7-10-18)15(19)17-14-5-3-4-13(16)11-14/h1,3-5,11-12H,6-10H2,(H,17,19). The summed E-state index contributed by atoms with van der Waals surface area (Å²) in [6.45, 7) is 2.31. The molecule has 1 fully saturated rings. The molecule has 1 amide bonds. The van der Waals surface area contributed by atoms with Gasteiger partial charge in [0.15, 0.2) is 0 Å². The van der Waals surface area contributed by atoms with E-state index < -0.39 is 0 Å². The summed E-state index contributed by atoms with van der Waals surface area (Å²) in [6.07, 6.45) is 6.85. The first-order valence-electron chi connectivity index (χ1n) is 6.41. The molecular formula is C15H17FN2O. The first-order chi connectivity index (χ1) is 9.19. The van der Waals surface area contributed by atoms with Gasteiger partial charge in [0.2, 0.25) is 5.91 Å². The Bertz CT molecular complexity index is 487. The lowest BCUT2D eigenvalue weighted by atomic mass is 9.96. The van der Waals surface area contributed by atoms with Crippen molar-refractivity contribution in [2.75, 3.05) is 25.0 Å². The number of hydrogen-bond donors (Lipinski definition) is 1. The van der Waals surface area contributed by atoms with Gasteiger partial charge in [0.05, 0.1) is 6.54 Å². The van der Waals surface area contributed by atoms with E-state index in [0.29, 0.717) is 12.2 Å². The van der Waals surface area contributed by atoms with Gasteiger partial charge in [0, 0.05) is 11.6 Å². The van der Waals surface area contributed by atoms with Crippen molar-refractivity contribution in [3.05, 3.63) is 30.1 Å². The molecule has 1 saturated heterocycles. The molecule has 0 aliphatic carbocycles. The van der Waals surface area contributed by atoms with Crippen LogP contribution in [0.15, 0.2) is 24.3 Å². The molecule has 0 bridgehead atoms. The second-order valence-electron chi connectivity index (χ2n) is 4.75. The maximum absolute atomic E-state index is 13.0. The first kappa shape index (κ1) is 13.6. The number of nitrogens with zero attached hydrogens (tertiary/aromatic N) is 1. The molecule has 1 aliphatic rings. The molecule has 19 heavy (non-hydrogen) atoms. The minimum absolute atomic E-state index is 0.0164. The largest absolute Gasteiger partial charge is 0.326 e. The fraction of sp³-hybridized carbons (Fsp3) is 0.400. The van der Waals surface area contributed by atoms with Gasteiger partial charge in [-0.3, -0.25) is 9.69 Å². The Morgan fingerprint density at radius 3 is 2.84 bits per heavy atom. The van der Waals surface area contributed by atoms with Crippen LogP contribution in [0, 0.1) is 24.1 Å². The monoisotopic (exact) mass is 260 g/mol. The van der Waals surface area contributed by atoms with Crippen molar-refractivity contribution in [1.82, 2.24) is 4.90 Å². The van der Waals surface area contributed by atoms with E-state index in [2.05, 4.69) is 16.1 Å². The summed E-state index contributed by atoms with van der Waals surface area (Å²) >= 11 is 0.